The average molecular weight is 522 g/mol. The third-order valence-electron chi connectivity index (χ3n) is 6.35. The van der Waals surface area contributed by atoms with Crippen molar-refractivity contribution < 1.29 is 33.3 Å². The molecule has 0 radical (unpaired) electrons. The Morgan fingerprint density at radius 1 is 0.684 bits per heavy atom. The highest BCUT2D eigenvalue weighted by atomic mass is 16.5. The minimum Gasteiger partial charge on any atom is -0.497 e. The third kappa shape index (κ3) is 7.49. The first-order valence-electron chi connectivity index (χ1n) is 12.3. The molecule has 0 heterocycles. The molecule has 38 heavy (non-hydrogen) atoms. The fraction of sp³-hybridized carbons (Fsp3) is 0.333. The summed E-state index contributed by atoms with van der Waals surface area (Å²) in [5, 5.41) is 0. The van der Waals surface area contributed by atoms with Gasteiger partial charge in [0.05, 0.1) is 34.5 Å². The van der Waals surface area contributed by atoms with Crippen LogP contribution >= 0.6 is 0 Å². The molecule has 0 spiro atoms. The van der Waals surface area contributed by atoms with Crippen LogP contribution in [-0.4, -0.2) is 65.5 Å². The Morgan fingerprint density at radius 2 is 1.13 bits per heavy atom. The lowest BCUT2D eigenvalue weighted by atomic mass is 9.97. The van der Waals surface area contributed by atoms with Crippen molar-refractivity contribution in [1.82, 2.24) is 4.90 Å². The minimum absolute atomic E-state index is 0.00589. The lowest BCUT2D eigenvalue weighted by Crippen LogP contribution is -2.29. The molecule has 0 unspecified atom stereocenters. The Bertz CT molecular complexity index is 1100. The molecule has 0 aliphatic rings. The number of carbonyl (C=O) groups is 2. The van der Waals surface area contributed by atoms with Crippen molar-refractivity contribution in [3.8, 4) is 17.2 Å². The zero-order valence-electron chi connectivity index (χ0n) is 22.5. The number of rotatable bonds is 13. The smallest absolute Gasteiger partial charge is 0.320 e. The fourth-order valence-corrected chi connectivity index (χ4v) is 4.22. The Hall–Kier alpha value is -4.04. The first-order chi connectivity index (χ1) is 18.4. The molecule has 0 bridgehead atoms. The number of methoxy groups -OCH3 is 4. The van der Waals surface area contributed by atoms with Crippen LogP contribution in [0.2, 0.25) is 0 Å². The second-order valence-electron chi connectivity index (χ2n) is 8.72. The number of hydrogen-bond acceptors (Lipinski definition) is 8. The topological polar surface area (TPSA) is 83.5 Å². The molecule has 0 fully saturated rings. The molecule has 202 valence electrons. The standard InChI is InChI=1S/C30H35NO7/c1-31(28(22-8-14-24(34-2)15-9-22)23-10-16-25(35-3)17-11-23)18-19-38-26-12-6-21(7-13-26)20-27(29(32)36-4)30(33)37-5/h6-17,27-28H,18-20H2,1-5H3. The first kappa shape index (κ1) is 28.5. The molecule has 0 aromatic heterocycles. The van der Waals surface area contributed by atoms with Crippen LogP contribution in [-0.2, 0) is 25.5 Å². The zero-order valence-corrected chi connectivity index (χ0v) is 22.5. The van der Waals surface area contributed by atoms with Gasteiger partial charge in [0.15, 0.2) is 5.92 Å². The van der Waals surface area contributed by atoms with Gasteiger partial charge in [-0.25, -0.2) is 0 Å². The van der Waals surface area contributed by atoms with Gasteiger partial charge in [-0.05, 0) is 66.6 Å². The molecule has 8 heteroatoms. The molecule has 0 saturated carbocycles. The van der Waals surface area contributed by atoms with E-state index in [1.165, 1.54) is 14.2 Å². The summed E-state index contributed by atoms with van der Waals surface area (Å²) in [6.45, 7) is 1.13. The van der Waals surface area contributed by atoms with Crippen molar-refractivity contribution in [1.29, 1.82) is 0 Å². The molecule has 3 rings (SSSR count). The highest BCUT2D eigenvalue weighted by Gasteiger charge is 2.28. The summed E-state index contributed by atoms with van der Waals surface area (Å²) in [4.78, 5) is 26.1. The Kier molecular flexibility index (Phi) is 10.5. The Morgan fingerprint density at radius 3 is 1.55 bits per heavy atom. The van der Waals surface area contributed by atoms with Crippen molar-refractivity contribution in [3.05, 3.63) is 89.5 Å². The molecular weight excluding hydrogens is 486 g/mol. The van der Waals surface area contributed by atoms with Crippen molar-refractivity contribution in [2.75, 3.05) is 48.6 Å². The van der Waals surface area contributed by atoms with Crippen LogP contribution < -0.4 is 14.2 Å². The Labute approximate surface area is 224 Å². The van der Waals surface area contributed by atoms with Gasteiger partial charge in [0.2, 0.25) is 0 Å². The summed E-state index contributed by atoms with van der Waals surface area (Å²) in [6.07, 6.45) is 0.188. The van der Waals surface area contributed by atoms with Crippen LogP contribution in [0.15, 0.2) is 72.8 Å². The summed E-state index contributed by atoms with van der Waals surface area (Å²) in [5.41, 5.74) is 3.07. The van der Waals surface area contributed by atoms with E-state index in [1.807, 2.05) is 48.5 Å². The van der Waals surface area contributed by atoms with Gasteiger partial charge in [-0.3, -0.25) is 14.5 Å². The third-order valence-corrected chi connectivity index (χ3v) is 6.35. The molecule has 0 atom stereocenters. The van der Waals surface area contributed by atoms with Crippen LogP contribution in [0.1, 0.15) is 22.7 Å². The average Bonchev–Trinajstić information content (AvgIpc) is 2.96. The second-order valence-corrected chi connectivity index (χ2v) is 8.72. The number of hydrogen-bond donors (Lipinski definition) is 0. The van der Waals surface area contributed by atoms with Crippen LogP contribution in [0, 0.1) is 5.92 Å². The van der Waals surface area contributed by atoms with E-state index < -0.39 is 17.9 Å². The predicted molar refractivity (Wildman–Crippen MR) is 144 cm³/mol. The monoisotopic (exact) mass is 521 g/mol. The van der Waals surface area contributed by atoms with Crippen molar-refractivity contribution in [2.24, 2.45) is 5.92 Å². The number of likely N-dealkylation sites (N-methyl/N-ethyl adjacent to an activating group) is 1. The van der Waals surface area contributed by atoms with Gasteiger partial charge in [-0.15, -0.1) is 0 Å². The summed E-state index contributed by atoms with van der Waals surface area (Å²) in [7, 11) is 7.87. The zero-order chi connectivity index (χ0) is 27.5. The van der Waals surface area contributed by atoms with Gasteiger partial charge >= 0.3 is 11.9 Å². The van der Waals surface area contributed by atoms with E-state index in [0.717, 1.165) is 28.2 Å². The molecule has 0 saturated heterocycles. The molecule has 3 aromatic carbocycles. The van der Waals surface area contributed by atoms with E-state index in [2.05, 4.69) is 36.2 Å². The van der Waals surface area contributed by atoms with Gasteiger partial charge in [-0.2, -0.15) is 0 Å². The summed E-state index contributed by atoms with van der Waals surface area (Å²) in [5.74, 6) is 0.0628. The quantitative estimate of drug-likeness (QED) is 0.243. The maximum atomic E-state index is 11.9. The number of carbonyl (C=O) groups excluding carboxylic acids is 2. The van der Waals surface area contributed by atoms with Gasteiger partial charge in [0.25, 0.3) is 0 Å². The molecular formula is C30H35NO7. The molecule has 0 aliphatic carbocycles. The minimum atomic E-state index is -1.00. The van der Waals surface area contributed by atoms with Gasteiger partial charge in [0, 0.05) is 6.54 Å². The van der Waals surface area contributed by atoms with Crippen LogP contribution in [0.25, 0.3) is 0 Å². The van der Waals surface area contributed by atoms with Gasteiger partial charge in [-0.1, -0.05) is 36.4 Å². The Balaban J connectivity index is 1.65. The molecule has 0 N–H and O–H groups in total. The number of ether oxygens (including phenoxy) is 5. The molecule has 3 aromatic rings. The largest absolute Gasteiger partial charge is 0.497 e. The fourth-order valence-electron chi connectivity index (χ4n) is 4.22. The highest BCUT2D eigenvalue weighted by Crippen LogP contribution is 2.30. The van der Waals surface area contributed by atoms with E-state index in [4.69, 9.17) is 23.7 Å². The van der Waals surface area contributed by atoms with Crippen molar-refractivity contribution in [3.63, 3.8) is 0 Å². The SMILES string of the molecule is COC(=O)C(Cc1ccc(OCCN(C)C(c2ccc(OC)cc2)c2ccc(OC)cc2)cc1)C(=O)OC. The maximum Gasteiger partial charge on any atom is 0.320 e. The van der Waals surface area contributed by atoms with Crippen LogP contribution in [0.4, 0.5) is 0 Å². The molecule has 8 nitrogen and oxygen atoms in total. The molecule has 0 aliphatic heterocycles. The molecule has 0 amide bonds. The van der Waals surface area contributed by atoms with E-state index >= 15 is 0 Å². The number of benzene rings is 3. The highest BCUT2D eigenvalue weighted by molar-refractivity contribution is 5.95. The van der Waals surface area contributed by atoms with E-state index in [0.29, 0.717) is 18.9 Å². The first-order valence-corrected chi connectivity index (χ1v) is 12.3. The van der Waals surface area contributed by atoms with Crippen LogP contribution in [0.5, 0.6) is 17.2 Å². The summed E-state index contributed by atoms with van der Waals surface area (Å²) in [6, 6.07) is 23.4. The second kappa shape index (κ2) is 14.0. The van der Waals surface area contributed by atoms with Gasteiger partial charge < -0.3 is 23.7 Å². The maximum absolute atomic E-state index is 11.9. The van der Waals surface area contributed by atoms with E-state index in [-0.39, 0.29) is 12.5 Å². The van der Waals surface area contributed by atoms with Crippen molar-refractivity contribution >= 4 is 11.9 Å². The van der Waals surface area contributed by atoms with Crippen molar-refractivity contribution in [2.45, 2.75) is 12.5 Å². The number of esters is 2. The lowest BCUT2D eigenvalue weighted by Gasteiger charge is -2.29. The number of nitrogens with zero attached hydrogens (tertiary/aromatic N) is 1. The van der Waals surface area contributed by atoms with E-state index in [1.54, 1.807) is 14.2 Å². The van der Waals surface area contributed by atoms with Gasteiger partial charge in [0.1, 0.15) is 23.9 Å². The summed E-state index contributed by atoms with van der Waals surface area (Å²) < 4.78 is 26.1. The lowest BCUT2D eigenvalue weighted by molar-refractivity contribution is -0.158. The predicted octanol–water partition coefficient (Wildman–Crippen LogP) is 4.31. The van der Waals surface area contributed by atoms with E-state index in [9.17, 15) is 9.59 Å². The summed E-state index contributed by atoms with van der Waals surface area (Å²) >= 11 is 0. The van der Waals surface area contributed by atoms with Crippen LogP contribution in [0.3, 0.4) is 0 Å². The normalized spacial score (nSPS) is 10.9.